The molecule has 1 heterocycles. The van der Waals surface area contributed by atoms with E-state index in [9.17, 15) is 0 Å². The van der Waals surface area contributed by atoms with E-state index in [2.05, 4.69) is 11.9 Å². The highest BCUT2D eigenvalue weighted by molar-refractivity contribution is 6.32. The van der Waals surface area contributed by atoms with Crippen LogP contribution in [0.5, 0.6) is 11.5 Å². The predicted octanol–water partition coefficient (Wildman–Crippen LogP) is 2.79. The van der Waals surface area contributed by atoms with Crippen LogP contribution < -0.4 is 14.8 Å². The second-order valence-electron chi connectivity index (χ2n) is 4.47. The topological polar surface area (TPSA) is 39.7 Å². The number of halogens is 1. The van der Waals surface area contributed by atoms with Crippen molar-refractivity contribution in [2.24, 2.45) is 0 Å². The second kappa shape index (κ2) is 8.15. The Kier molecular flexibility index (Phi) is 6.18. The standard InChI is InChI=1S/C15H20ClNO3/c1-2-3-5-18-6-4-17-11-12-9-13(16)15-14(10-12)19-7-8-20-15/h2,9-10,17H,1,3-8,11H2. The van der Waals surface area contributed by atoms with Gasteiger partial charge in [-0.05, 0) is 24.1 Å². The highest BCUT2D eigenvalue weighted by atomic mass is 35.5. The summed E-state index contributed by atoms with van der Waals surface area (Å²) in [6.07, 6.45) is 2.74. The Morgan fingerprint density at radius 3 is 3.00 bits per heavy atom. The lowest BCUT2D eigenvalue weighted by atomic mass is 10.2. The minimum atomic E-state index is 0.548. The van der Waals surface area contributed by atoms with Gasteiger partial charge in [-0.2, -0.15) is 0 Å². The van der Waals surface area contributed by atoms with Gasteiger partial charge in [0.25, 0.3) is 0 Å². The third kappa shape index (κ3) is 4.40. The van der Waals surface area contributed by atoms with E-state index in [0.29, 0.717) is 30.6 Å². The molecule has 0 spiro atoms. The van der Waals surface area contributed by atoms with E-state index in [1.165, 1.54) is 0 Å². The molecule has 2 rings (SSSR count). The van der Waals surface area contributed by atoms with E-state index in [-0.39, 0.29) is 0 Å². The lowest BCUT2D eigenvalue weighted by Gasteiger charge is -2.20. The molecule has 0 bridgehead atoms. The first-order valence-corrected chi connectivity index (χ1v) is 7.16. The molecular weight excluding hydrogens is 278 g/mol. The van der Waals surface area contributed by atoms with Crippen molar-refractivity contribution < 1.29 is 14.2 Å². The number of nitrogens with one attached hydrogen (secondary N) is 1. The van der Waals surface area contributed by atoms with Gasteiger partial charge in [0.15, 0.2) is 11.5 Å². The average molecular weight is 298 g/mol. The van der Waals surface area contributed by atoms with Crippen molar-refractivity contribution in [1.82, 2.24) is 5.32 Å². The van der Waals surface area contributed by atoms with Crippen molar-refractivity contribution >= 4 is 11.6 Å². The van der Waals surface area contributed by atoms with E-state index >= 15 is 0 Å². The van der Waals surface area contributed by atoms with E-state index in [1.54, 1.807) is 0 Å². The molecule has 4 nitrogen and oxygen atoms in total. The summed E-state index contributed by atoms with van der Waals surface area (Å²) in [5.41, 5.74) is 1.07. The van der Waals surface area contributed by atoms with Gasteiger partial charge in [-0.25, -0.2) is 0 Å². The molecule has 0 fully saturated rings. The number of rotatable bonds is 8. The highest BCUT2D eigenvalue weighted by Gasteiger charge is 2.16. The van der Waals surface area contributed by atoms with Crippen LogP contribution in [-0.2, 0) is 11.3 Å². The van der Waals surface area contributed by atoms with Crippen LogP contribution in [-0.4, -0.2) is 33.0 Å². The van der Waals surface area contributed by atoms with Gasteiger partial charge in [0.1, 0.15) is 13.2 Å². The van der Waals surface area contributed by atoms with Crippen LogP contribution >= 0.6 is 11.6 Å². The molecule has 1 aliphatic rings. The molecule has 1 N–H and O–H groups in total. The van der Waals surface area contributed by atoms with Crippen LogP contribution in [0.3, 0.4) is 0 Å². The first-order valence-electron chi connectivity index (χ1n) is 6.78. The van der Waals surface area contributed by atoms with Crippen LogP contribution in [0, 0.1) is 0 Å². The van der Waals surface area contributed by atoms with E-state index < -0.39 is 0 Å². The van der Waals surface area contributed by atoms with Crippen LogP contribution in [0.2, 0.25) is 5.02 Å². The number of fused-ring (bicyclic) bond motifs is 1. The molecule has 1 aliphatic heterocycles. The molecule has 0 radical (unpaired) electrons. The van der Waals surface area contributed by atoms with Gasteiger partial charge < -0.3 is 19.5 Å². The van der Waals surface area contributed by atoms with Crippen molar-refractivity contribution in [3.63, 3.8) is 0 Å². The molecule has 0 saturated heterocycles. The number of hydrogen-bond acceptors (Lipinski definition) is 4. The van der Waals surface area contributed by atoms with Crippen molar-refractivity contribution in [2.75, 3.05) is 33.0 Å². The summed E-state index contributed by atoms with van der Waals surface area (Å²) in [5.74, 6) is 1.37. The van der Waals surface area contributed by atoms with Gasteiger partial charge in [-0.1, -0.05) is 17.7 Å². The molecule has 0 aliphatic carbocycles. The molecule has 0 unspecified atom stereocenters. The Hall–Kier alpha value is -1.23. The number of benzene rings is 1. The van der Waals surface area contributed by atoms with Crippen molar-refractivity contribution in [2.45, 2.75) is 13.0 Å². The summed E-state index contributed by atoms with van der Waals surface area (Å²) in [5, 5.41) is 3.91. The largest absolute Gasteiger partial charge is 0.486 e. The quantitative estimate of drug-likeness (QED) is 0.592. The maximum atomic E-state index is 6.18. The summed E-state index contributed by atoms with van der Waals surface area (Å²) < 4.78 is 16.5. The predicted molar refractivity (Wildman–Crippen MR) is 79.8 cm³/mol. The summed E-state index contributed by atoms with van der Waals surface area (Å²) >= 11 is 6.18. The Morgan fingerprint density at radius 1 is 1.30 bits per heavy atom. The zero-order chi connectivity index (χ0) is 14.2. The lowest BCUT2D eigenvalue weighted by molar-refractivity contribution is 0.140. The summed E-state index contributed by atoms with van der Waals surface area (Å²) in [6, 6.07) is 3.87. The Morgan fingerprint density at radius 2 is 2.15 bits per heavy atom. The highest BCUT2D eigenvalue weighted by Crippen LogP contribution is 2.38. The SMILES string of the molecule is C=CCCOCCNCc1cc(Cl)c2c(c1)OCCO2. The van der Waals surface area contributed by atoms with Crippen LogP contribution in [0.4, 0.5) is 0 Å². The fourth-order valence-electron chi connectivity index (χ4n) is 1.91. The van der Waals surface area contributed by atoms with Gasteiger partial charge >= 0.3 is 0 Å². The second-order valence-corrected chi connectivity index (χ2v) is 4.88. The number of ether oxygens (including phenoxy) is 3. The maximum absolute atomic E-state index is 6.18. The molecule has 0 aromatic heterocycles. The molecule has 0 atom stereocenters. The Labute approximate surface area is 124 Å². The molecular formula is C15H20ClNO3. The molecule has 5 heteroatoms. The Balaban J connectivity index is 1.76. The smallest absolute Gasteiger partial charge is 0.179 e. The van der Waals surface area contributed by atoms with E-state index in [4.69, 9.17) is 25.8 Å². The molecule has 0 amide bonds. The first-order chi connectivity index (χ1) is 9.81. The summed E-state index contributed by atoms with van der Waals surface area (Å²) in [4.78, 5) is 0. The van der Waals surface area contributed by atoms with Crippen molar-refractivity contribution in [1.29, 1.82) is 0 Å². The minimum Gasteiger partial charge on any atom is -0.486 e. The zero-order valence-corrected chi connectivity index (χ0v) is 12.2. The maximum Gasteiger partial charge on any atom is 0.179 e. The lowest BCUT2D eigenvalue weighted by Crippen LogP contribution is -2.20. The summed E-state index contributed by atoms with van der Waals surface area (Å²) in [6.45, 7) is 7.69. The van der Waals surface area contributed by atoms with Gasteiger partial charge in [0, 0.05) is 13.1 Å². The monoisotopic (exact) mass is 297 g/mol. The van der Waals surface area contributed by atoms with Crippen molar-refractivity contribution in [3.05, 3.63) is 35.4 Å². The number of hydrogen-bond donors (Lipinski definition) is 1. The summed E-state index contributed by atoms with van der Waals surface area (Å²) in [7, 11) is 0. The van der Waals surface area contributed by atoms with Gasteiger partial charge in [-0.3, -0.25) is 0 Å². The van der Waals surface area contributed by atoms with Crippen molar-refractivity contribution in [3.8, 4) is 11.5 Å². The van der Waals surface area contributed by atoms with Gasteiger partial charge in [-0.15, -0.1) is 6.58 Å². The van der Waals surface area contributed by atoms with Crippen LogP contribution in [0.15, 0.2) is 24.8 Å². The molecule has 1 aromatic carbocycles. The third-order valence-corrected chi connectivity index (χ3v) is 3.16. The van der Waals surface area contributed by atoms with Crippen LogP contribution in [0.25, 0.3) is 0 Å². The fraction of sp³-hybridized carbons (Fsp3) is 0.467. The zero-order valence-electron chi connectivity index (χ0n) is 11.5. The Bertz CT molecular complexity index is 451. The van der Waals surface area contributed by atoms with Crippen LogP contribution in [0.1, 0.15) is 12.0 Å². The first kappa shape index (κ1) is 15.2. The average Bonchev–Trinajstić information content (AvgIpc) is 2.46. The van der Waals surface area contributed by atoms with Gasteiger partial charge in [0.05, 0.1) is 18.2 Å². The fourth-order valence-corrected chi connectivity index (χ4v) is 2.20. The molecule has 1 aromatic rings. The molecule has 0 saturated carbocycles. The third-order valence-electron chi connectivity index (χ3n) is 2.88. The van der Waals surface area contributed by atoms with E-state index in [1.807, 2.05) is 18.2 Å². The molecule has 110 valence electrons. The van der Waals surface area contributed by atoms with E-state index in [0.717, 1.165) is 37.4 Å². The molecule has 20 heavy (non-hydrogen) atoms. The normalized spacial score (nSPS) is 13.2. The van der Waals surface area contributed by atoms with Gasteiger partial charge in [0.2, 0.25) is 0 Å². The minimum absolute atomic E-state index is 0.548.